The Hall–Kier alpha value is -2.64. The van der Waals surface area contributed by atoms with Crippen molar-refractivity contribution in [1.29, 1.82) is 0 Å². The molecule has 2 saturated carbocycles. The van der Waals surface area contributed by atoms with Gasteiger partial charge in [-0.05, 0) is 64.7 Å². The first-order valence-electron chi connectivity index (χ1n) is 11.2. The summed E-state index contributed by atoms with van der Waals surface area (Å²) in [7, 11) is 0. The monoisotopic (exact) mass is 452 g/mol. The molecule has 0 radical (unpaired) electrons. The standard InChI is InChI=1S/C13H20O4.C11H16O4/c1-3-13(7-5-4-6-8-13)17-12(16)10(2)9-11(14)15;1-8(7-9(12)13)10(14)15-11(2)5-3-4-6-11/h2-9H2,1H3,(H,14,15);1,3-7H2,2H3,(H,12,13). The number of esters is 2. The maximum atomic E-state index is 11.7. The van der Waals surface area contributed by atoms with Crippen LogP contribution in [0.1, 0.15) is 90.9 Å². The van der Waals surface area contributed by atoms with Gasteiger partial charge in [-0.15, -0.1) is 0 Å². The molecule has 180 valence electrons. The van der Waals surface area contributed by atoms with Crippen LogP contribution in [0.3, 0.4) is 0 Å². The predicted octanol–water partition coefficient (Wildman–Crippen LogP) is 4.57. The lowest BCUT2D eigenvalue weighted by Gasteiger charge is -2.36. The lowest BCUT2D eigenvalue weighted by atomic mass is 9.82. The van der Waals surface area contributed by atoms with Crippen molar-refractivity contribution in [1.82, 2.24) is 0 Å². The van der Waals surface area contributed by atoms with Crippen LogP contribution >= 0.6 is 0 Å². The average Bonchev–Trinajstić information content (AvgIpc) is 3.14. The molecule has 8 nitrogen and oxygen atoms in total. The second-order valence-corrected chi connectivity index (χ2v) is 8.88. The van der Waals surface area contributed by atoms with Gasteiger partial charge in [-0.3, -0.25) is 9.59 Å². The van der Waals surface area contributed by atoms with E-state index in [0.717, 1.165) is 57.8 Å². The maximum Gasteiger partial charge on any atom is 0.334 e. The van der Waals surface area contributed by atoms with E-state index in [1.54, 1.807) is 0 Å². The molecule has 2 aliphatic carbocycles. The summed E-state index contributed by atoms with van der Waals surface area (Å²) in [6, 6.07) is 0. The molecular weight excluding hydrogens is 416 g/mol. The maximum absolute atomic E-state index is 11.7. The molecule has 0 bridgehead atoms. The Morgan fingerprint density at radius 1 is 0.750 bits per heavy atom. The highest BCUT2D eigenvalue weighted by atomic mass is 16.6. The highest BCUT2D eigenvalue weighted by Gasteiger charge is 2.35. The minimum Gasteiger partial charge on any atom is -0.481 e. The van der Waals surface area contributed by atoms with E-state index in [9.17, 15) is 19.2 Å². The summed E-state index contributed by atoms with van der Waals surface area (Å²) in [6.45, 7) is 10.8. The van der Waals surface area contributed by atoms with Gasteiger partial charge < -0.3 is 19.7 Å². The van der Waals surface area contributed by atoms with Gasteiger partial charge in [0.2, 0.25) is 0 Å². The molecule has 0 aliphatic heterocycles. The third kappa shape index (κ3) is 9.24. The topological polar surface area (TPSA) is 127 Å². The number of hydrogen-bond acceptors (Lipinski definition) is 6. The normalized spacial score (nSPS) is 18.4. The van der Waals surface area contributed by atoms with Crippen LogP contribution in [-0.2, 0) is 28.7 Å². The Morgan fingerprint density at radius 3 is 1.56 bits per heavy atom. The molecule has 0 heterocycles. The number of carbonyl (C=O) groups is 4. The van der Waals surface area contributed by atoms with Crippen molar-refractivity contribution >= 4 is 23.9 Å². The van der Waals surface area contributed by atoms with E-state index >= 15 is 0 Å². The number of hydrogen-bond donors (Lipinski definition) is 2. The third-order valence-electron chi connectivity index (χ3n) is 6.03. The molecule has 0 aromatic heterocycles. The van der Waals surface area contributed by atoms with E-state index in [2.05, 4.69) is 13.2 Å². The fourth-order valence-electron chi connectivity index (χ4n) is 4.02. The van der Waals surface area contributed by atoms with Gasteiger partial charge in [0.1, 0.15) is 11.2 Å². The van der Waals surface area contributed by atoms with Gasteiger partial charge in [-0.2, -0.15) is 0 Å². The minimum absolute atomic E-state index is 0.00984. The summed E-state index contributed by atoms with van der Waals surface area (Å²) >= 11 is 0. The highest BCUT2D eigenvalue weighted by Crippen LogP contribution is 2.35. The zero-order chi connectivity index (χ0) is 24.4. The largest absolute Gasteiger partial charge is 0.481 e. The number of ether oxygens (including phenoxy) is 2. The number of carbonyl (C=O) groups excluding carboxylic acids is 2. The molecule has 2 fully saturated rings. The second-order valence-electron chi connectivity index (χ2n) is 8.88. The van der Waals surface area contributed by atoms with E-state index in [-0.39, 0.29) is 24.0 Å². The Balaban J connectivity index is 0.000000323. The molecule has 0 aromatic carbocycles. The van der Waals surface area contributed by atoms with Crippen LogP contribution in [0.4, 0.5) is 0 Å². The van der Waals surface area contributed by atoms with E-state index < -0.39 is 35.1 Å². The first-order valence-corrected chi connectivity index (χ1v) is 11.2. The van der Waals surface area contributed by atoms with Crippen molar-refractivity contribution in [2.45, 2.75) is 102 Å². The zero-order valence-electron chi connectivity index (χ0n) is 19.2. The van der Waals surface area contributed by atoms with Crippen molar-refractivity contribution in [2.24, 2.45) is 0 Å². The fraction of sp³-hybridized carbons (Fsp3) is 0.667. The predicted molar refractivity (Wildman–Crippen MR) is 118 cm³/mol. The minimum atomic E-state index is -1.06. The second kappa shape index (κ2) is 12.4. The van der Waals surface area contributed by atoms with Crippen LogP contribution in [0.25, 0.3) is 0 Å². The molecule has 32 heavy (non-hydrogen) atoms. The van der Waals surface area contributed by atoms with E-state index in [1.807, 2.05) is 13.8 Å². The van der Waals surface area contributed by atoms with Crippen LogP contribution in [0.15, 0.2) is 24.3 Å². The summed E-state index contributed by atoms with van der Waals surface area (Å²) in [4.78, 5) is 44.0. The summed E-state index contributed by atoms with van der Waals surface area (Å²) in [5, 5.41) is 17.1. The van der Waals surface area contributed by atoms with E-state index in [0.29, 0.717) is 0 Å². The molecule has 0 spiro atoms. The molecule has 2 rings (SSSR count). The summed E-state index contributed by atoms with van der Waals surface area (Å²) in [5.74, 6) is -3.26. The van der Waals surface area contributed by atoms with Crippen LogP contribution in [0.5, 0.6) is 0 Å². The van der Waals surface area contributed by atoms with Gasteiger partial charge in [0.05, 0.1) is 12.8 Å². The number of aliphatic carboxylic acids is 2. The fourth-order valence-corrected chi connectivity index (χ4v) is 4.02. The first kappa shape index (κ1) is 27.4. The molecule has 0 atom stereocenters. The number of rotatable bonds is 9. The van der Waals surface area contributed by atoms with Crippen molar-refractivity contribution in [3.63, 3.8) is 0 Å². The third-order valence-corrected chi connectivity index (χ3v) is 6.03. The highest BCUT2D eigenvalue weighted by molar-refractivity contribution is 5.93. The Morgan fingerprint density at radius 2 is 1.16 bits per heavy atom. The van der Waals surface area contributed by atoms with Gasteiger partial charge in [-0.25, -0.2) is 9.59 Å². The lowest BCUT2D eigenvalue weighted by Crippen LogP contribution is -2.37. The van der Waals surface area contributed by atoms with Crippen molar-refractivity contribution in [3.8, 4) is 0 Å². The van der Waals surface area contributed by atoms with E-state index in [4.69, 9.17) is 19.7 Å². The molecular formula is C24H36O8. The van der Waals surface area contributed by atoms with Gasteiger partial charge in [0.25, 0.3) is 0 Å². The van der Waals surface area contributed by atoms with Crippen molar-refractivity contribution in [3.05, 3.63) is 24.3 Å². The lowest BCUT2D eigenvalue weighted by molar-refractivity contribution is -0.160. The van der Waals surface area contributed by atoms with E-state index in [1.165, 1.54) is 6.42 Å². The Labute approximate surface area is 189 Å². The van der Waals surface area contributed by atoms with Crippen LogP contribution < -0.4 is 0 Å². The van der Waals surface area contributed by atoms with Gasteiger partial charge in [0, 0.05) is 11.1 Å². The Bertz CT molecular complexity index is 724. The summed E-state index contributed by atoms with van der Waals surface area (Å²) in [5.41, 5.74) is -0.776. The summed E-state index contributed by atoms with van der Waals surface area (Å²) in [6.07, 6.45) is 8.91. The van der Waals surface area contributed by atoms with Crippen molar-refractivity contribution in [2.75, 3.05) is 0 Å². The molecule has 0 unspecified atom stereocenters. The van der Waals surface area contributed by atoms with Gasteiger partial charge in [-0.1, -0.05) is 26.5 Å². The smallest absolute Gasteiger partial charge is 0.334 e. The number of carboxylic acid groups (broad SMARTS) is 2. The zero-order valence-corrected chi connectivity index (χ0v) is 19.2. The summed E-state index contributed by atoms with van der Waals surface area (Å²) < 4.78 is 10.7. The SMILES string of the molecule is C=C(CC(=O)O)C(=O)OC1(C)CCCC1.C=C(CC(=O)O)C(=O)OC1(CC)CCCCC1. The molecule has 0 saturated heterocycles. The number of carboxylic acids is 2. The van der Waals surface area contributed by atoms with Crippen LogP contribution in [0.2, 0.25) is 0 Å². The quantitative estimate of drug-likeness (QED) is 0.385. The van der Waals surface area contributed by atoms with Crippen molar-refractivity contribution < 1.29 is 38.9 Å². The first-order chi connectivity index (χ1) is 14.9. The molecule has 2 N–H and O–H groups in total. The molecule has 0 amide bonds. The van der Waals surface area contributed by atoms with Crippen LogP contribution in [0, 0.1) is 0 Å². The Kier molecular flexibility index (Phi) is 10.6. The van der Waals surface area contributed by atoms with Gasteiger partial charge >= 0.3 is 23.9 Å². The molecule has 0 aromatic rings. The molecule has 8 heteroatoms. The average molecular weight is 453 g/mol. The van der Waals surface area contributed by atoms with Gasteiger partial charge in [0.15, 0.2) is 0 Å². The van der Waals surface area contributed by atoms with Crippen LogP contribution in [-0.4, -0.2) is 45.3 Å². The molecule has 2 aliphatic rings.